The number of alkyl halides is 3. The van der Waals surface area contributed by atoms with E-state index in [1.165, 1.54) is 19.5 Å². The Bertz CT molecular complexity index is 631. The van der Waals surface area contributed by atoms with E-state index in [0.29, 0.717) is 11.4 Å². The number of hydrogen-bond acceptors (Lipinski definition) is 5. The van der Waals surface area contributed by atoms with Crippen LogP contribution in [0, 0.1) is 0 Å². The first-order chi connectivity index (χ1) is 9.91. The van der Waals surface area contributed by atoms with Crippen molar-refractivity contribution < 1.29 is 17.9 Å². The summed E-state index contributed by atoms with van der Waals surface area (Å²) >= 11 is 0. The van der Waals surface area contributed by atoms with Crippen LogP contribution in [-0.2, 0) is 12.7 Å². The van der Waals surface area contributed by atoms with Gasteiger partial charge in [-0.1, -0.05) is 12.1 Å². The lowest BCUT2D eigenvalue weighted by Crippen LogP contribution is -2.08. The summed E-state index contributed by atoms with van der Waals surface area (Å²) in [7, 11) is 1.41. The molecule has 0 saturated heterocycles. The minimum absolute atomic E-state index is 0.150. The SMILES string of the molecule is COc1c(N)ncnc1NCc1cccc(C(F)(F)F)c1. The van der Waals surface area contributed by atoms with Crippen LogP contribution in [0.25, 0.3) is 0 Å². The van der Waals surface area contributed by atoms with Crippen molar-refractivity contribution in [3.05, 3.63) is 41.7 Å². The van der Waals surface area contributed by atoms with E-state index in [9.17, 15) is 13.2 Å². The molecule has 0 bridgehead atoms. The molecule has 0 saturated carbocycles. The molecule has 0 aliphatic carbocycles. The first-order valence-corrected chi connectivity index (χ1v) is 5.96. The van der Waals surface area contributed by atoms with Crippen molar-refractivity contribution in [2.75, 3.05) is 18.2 Å². The maximum Gasteiger partial charge on any atom is 0.416 e. The average Bonchev–Trinajstić information content (AvgIpc) is 2.44. The Morgan fingerprint density at radius 1 is 1.29 bits per heavy atom. The molecule has 3 N–H and O–H groups in total. The van der Waals surface area contributed by atoms with Crippen LogP contribution >= 0.6 is 0 Å². The summed E-state index contributed by atoms with van der Waals surface area (Å²) in [6, 6.07) is 5.03. The van der Waals surface area contributed by atoms with Crippen molar-refractivity contribution in [3.8, 4) is 5.75 Å². The van der Waals surface area contributed by atoms with Crippen LogP contribution in [0.5, 0.6) is 5.75 Å². The molecule has 1 heterocycles. The normalized spacial score (nSPS) is 11.2. The van der Waals surface area contributed by atoms with Crippen LogP contribution in [0.15, 0.2) is 30.6 Å². The van der Waals surface area contributed by atoms with Gasteiger partial charge in [-0.25, -0.2) is 9.97 Å². The number of nitrogens with one attached hydrogen (secondary N) is 1. The lowest BCUT2D eigenvalue weighted by atomic mass is 10.1. The van der Waals surface area contributed by atoms with E-state index in [1.807, 2.05) is 0 Å². The fourth-order valence-corrected chi connectivity index (χ4v) is 1.76. The summed E-state index contributed by atoms with van der Waals surface area (Å²) in [6.45, 7) is 0.150. The van der Waals surface area contributed by atoms with E-state index in [4.69, 9.17) is 10.5 Å². The molecule has 0 aliphatic rings. The standard InChI is InChI=1S/C13H13F3N4O/c1-21-10-11(17)19-7-20-12(10)18-6-8-3-2-4-9(5-8)13(14,15)16/h2-5,7H,6H2,1H3,(H3,17,18,19,20). The van der Waals surface area contributed by atoms with E-state index in [-0.39, 0.29) is 18.1 Å². The third kappa shape index (κ3) is 3.53. The quantitative estimate of drug-likeness (QED) is 0.908. The molecule has 0 unspecified atom stereocenters. The molecule has 0 amide bonds. The van der Waals surface area contributed by atoms with E-state index >= 15 is 0 Å². The fourth-order valence-electron chi connectivity index (χ4n) is 1.76. The number of anilines is 2. The van der Waals surface area contributed by atoms with Crippen LogP contribution in [0.3, 0.4) is 0 Å². The van der Waals surface area contributed by atoms with Crippen LogP contribution in [0.2, 0.25) is 0 Å². The molecule has 0 fully saturated rings. The number of nitrogens with two attached hydrogens (primary N) is 1. The number of aromatic nitrogens is 2. The third-order valence-electron chi connectivity index (χ3n) is 2.75. The van der Waals surface area contributed by atoms with Crippen LogP contribution in [0.1, 0.15) is 11.1 Å². The molecule has 0 atom stereocenters. The number of benzene rings is 1. The Balaban J connectivity index is 2.16. The first kappa shape index (κ1) is 14.9. The van der Waals surface area contributed by atoms with Crippen molar-refractivity contribution in [3.63, 3.8) is 0 Å². The predicted octanol–water partition coefficient (Wildman–Crippen LogP) is 2.70. The highest BCUT2D eigenvalue weighted by Crippen LogP contribution is 2.30. The number of rotatable bonds is 4. The number of ether oxygens (including phenoxy) is 1. The zero-order valence-electron chi connectivity index (χ0n) is 11.1. The van der Waals surface area contributed by atoms with Gasteiger partial charge < -0.3 is 15.8 Å². The van der Waals surface area contributed by atoms with Crippen LogP contribution in [-0.4, -0.2) is 17.1 Å². The van der Waals surface area contributed by atoms with E-state index in [1.54, 1.807) is 6.07 Å². The number of halogens is 3. The molecule has 21 heavy (non-hydrogen) atoms. The zero-order chi connectivity index (χ0) is 15.5. The van der Waals surface area contributed by atoms with E-state index < -0.39 is 11.7 Å². The van der Waals surface area contributed by atoms with E-state index in [0.717, 1.165) is 12.1 Å². The summed E-state index contributed by atoms with van der Waals surface area (Å²) in [5.41, 5.74) is 5.38. The Morgan fingerprint density at radius 2 is 2.05 bits per heavy atom. The summed E-state index contributed by atoms with van der Waals surface area (Å²) in [4.78, 5) is 7.71. The molecule has 1 aromatic heterocycles. The summed E-state index contributed by atoms with van der Waals surface area (Å²) in [5, 5.41) is 2.88. The van der Waals surface area contributed by atoms with Crippen molar-refractivity contribution in [1.82, 2.24) is 9.97 Å². The molecule has 8 heteroatoms. The van der Waals surface area contributed by atoms with Gasteiger partial charge in [-0.15, -0.1) is 0 Å². The predicted molar refractivity (Wildman–Crippen MR) is 71.8 cm³/mol. The highest BCUT2D eigenvalue weighted by atomic mass is 19.4. The van der Waals surface area contributed by atoms with Gasteiger partial charge in [0.2, 0.25) is 5.75 Å². The molecule has 2 rings (SSSR count). The summed E-state index contributed by atoms with van der Waals surface area (Å²) in [5.74, 6) is 0.728. The highest BCUT2D eigenvalue weighted by molar-refractivity contribution is 5.61. The largest absolute Gasteiger partial charge is 0.490 e. The monoisotopic (exact) mass is 298 g/mol. The van der Waals surface area contributed by atoms with Crippen LogP contribution < -0.4 is 15.8 Å². The topological polar surface area (TPSA) is 73.1 Å². The van der Waals surface area contributed by atoms with Crippen molar-refractivity contribution in [1.29, 1.82) is 0 Å². The highest BCUT2D eigenvalue weighted by Gasteiger charge is 2.30. The molecular formula is C13H13F3N4O. The van der Waals surface area contributed by atoms with Gasteiger partial charge in [0, 0.05) is 6.54 Å². The minimum Gasteiger partial charge on any atom is -0.490 e. The molecule has 0 spiro atoms. The maximum absolute atomic E-state index is 12.6. The Kier molecular flexibility index (Phi) is 4.15. The molecule has 0 aliphatic heterocycles. The maximum atomic E-state index is 12.6. The van der Waals surface area contributed by atoms with Gasteiger partial charge in [-0.2, -0.15) is 13.2 Å². The van der Waals surface area contributed by atoms with Gasteiger partial charge in [-0.3, -0.25) is 0 Å². The van der Waals surface area contributed by atoms with Crippen molar-refractivity contribution >= 4 is 11.6 Å². The minimum atomic E-state index is -4.37. The first-order valence-electron chi connectivity index (χ1n) is 5.96. The zero-order valence-corrected chi connectivity index (χ0v) is 11.1. The number of hydrogen-bond donors (Lipinski definition) is 2. The Labute approximate surface area is 119 Å². The average molecular weight is 298 g/mol. The summed E-state index contributed by atoms with van der Waals surface area (Å²) < 4.78 is 42.9. The Hall–Kier alpha value is -2.51. The second-order valence-electron chi connectivity index (χ2n) is 4.19. The molecule has 5 nitrogen and oxygen atoms in total. The lowest BCUT2D eigenvalue weighted by molar-refractivity contribution is -0.137. The second-order valence-corrected chi connectivity index (χ2v) is 4.19. The number of nitrogen functional groups attached to an aromatic ring is 1. The van der Waals surface area contributed by atoms with Crippen LogP contribution in [0.4, 0.5) is 24.8 Å². The lowest BCUT2D eigenvalue weighted by Gasteiger charge is -2.12. The van der Waals surface area contributed by atoms with Crippen molar-refractivity contribution in [2.45, 2.75) is 12.7 Å². The second kappa shape index (κ2) is 5.86. The number of methoxy groups -OCH3 is 1. The van der Waals surface area contributed by atoms with Gasteiger partial charge in [0.05, 0.1) is 12.7 Å². The molecular weight excluding hydrogens is 285 g/mol. The Morgan fingerprint density at radius 3 is 2.71 bits per heavy atom. The smallest absolute Gasteiger partial charge is 0.416 e. The molecule has 2 aromatic rings. The third-order valence-corrected chi connectivity index (χ3v) is 2.75. The van der Waals surface area contributed by atoms with Gasteiger partial charge in [0.25, 0.3) is 0 Å². The fraction of sp³-hybridized carbons (Fsp3) is 0.231. The molecule has 0 radical (unpaired) electrons. The van der Waals surface area contributed by atoms with Gasteiger partial charge in [0.1, 0.15) is 6.33 Å². The van der Waals surface area contributed by atoms with Gasteiger partial charge in [-0.05, 0) is 17.7 Å². The van der Waals surface area contributed by atoms with E-state index in [2.05, 4.69) is 15.3 Å². The van der Waals surface area contributed by atoms with Gasteiger partial charge in [0.15, 0.2) is 11.6 Å². The molecule has 112 valence electrons. The number of nitrogens with zero attached hydrogens (tertiary/aromatic N) is 2. The van der Waals surface area contributed by atoms with Gasteiger partial charge >= 0.3 is 6.18 Å². The molecule has 1 aromatic carbocycles. The van der Waals surface area contributed by atoms with Crippen molar-refractivity contribution in [2.24, 2.45) is 0 Å². The summed E-state index contributed by atoms with van der Waals surface area (Å²) in [6.07, 6.45) is -3.13.